The first kappa shape index (κ1) is 31.8. The van der Waals surface area contributed by atoms with Gasteiger partial charge in [-0.2, -0.15) is 0 Å². The molecule has 3 saturated heterocycles. The van der Waals surface area contributed by atoms with Crippen LogP contribution in [0.15, 0.2) is 24.5 Å². The number of rotatable bonds is 7. The maximum absolute atomic E-state index is 13.8. The molecule has 3 aliphatic rings. The average Bonchev–Trinajstić information content (AvgIpc) is 3.59. The maximum Gasteiger partial charge on any atom is 0.396 e. The van der Waals surface area contributed by atoms with Crippen molar-refractivity contribution in [3.05, 3.63) is 52.1 Å². The average molecular weight is 625 g/mol. The van der Waals surface area contributed by atoms with E-state index < -0.39 is 11.9 Å². The number of aryl methyl sites for hydroxylation is 3. The van der Waals surface area contributed by atoms with Gasteiger partial charge in [-0.1, -0.05) is 17.7 Å². The smallest absolute Gasteiger partial charge is 0.396 e. The molecule has 44 heavy (non-hydrogen) atoms. The van der Waals surface area contributed by atoms with Crippen LogP contribution in [0.2, 0.25) is 5.02 Å². The summed E-state index contributed by atoms with van der Waals surface area (Å²) in [6.07, 6.45) is 3.25. The van der Waals surface area contributed by atoms with Crippen molar-refractivity contribution in [2.24, 2.45) is 17.8 Å². The van der Waals surface area contributed by atoms with Gasteiger partial charge in [-0.25, -0.2) is 14.8 Å². The molecule has 3 fully saturated rings. The van der Waals surface area contributed by atoms with Crippen LogP contribution >= 0.6 is 11.6 Å². The van der Waals surface area contributed by atoms with Crippen LogP contribution in [0.3, 0.4) is 0 Å². The summed E-state index contributed by atoms with van der Waals surface area (Å²) in [6, 6.07) is 5.70. The molecule has 1 aromatic carbocycles. The molecule has 2 unspecified atom stereocenters. The van der Waals surface area contributed by atoms with Crippen LogP contribution in [0.5, 0.6) is 0 Å². The summed E-state index contributed by atoms with van der Waals surface area (Å²) in [4.78, 5) is 67.1. The Morgan fingerprint density at radius 2 is 1.59 bits per heavy atom. The standard InChI is InChI=1S/C32H41ClN6O5/c1-20-6-7-26(14-27(20)33)39(29(40)23-8-12-37(13-9-23)31(42)32(43)44-4)11-5-10-36-15-24-17-38(18-25(24)16-36)30(41)28-21(2)34-19-35-22(28)3/h6-7,14,19,23-25H,5,8-13,15-18H2,1-4H3. The largest absolute Gasteiger partial charge is 0.462 e. The predicted octanol–water partition coefficient (Wildman–Crippen LogP) is 2.89. The monoisotopic (exact) mass is 624 g/mol. The van der Waals surface area contributed by atoms with Gasteiger partial charge in [0.15, 0.2) is 0 Å². The van der Waals surface area contributed by atoms with E-state index in [1.54, 1.807) is 0 Å². The number of amides is 3. The molecular formula is C32H41ClN6O5. The lowest BCUT2D eigenvalue weighted by Gasteiger charge is -2.34. The molecule has 0 bridgehead atoms. The van der Waals surface area contributed by atoms with E-state index >= 15 is 0 Å². The van der Waals surface area contributed by atoms with Gasteiger partial charge in [0.2, 0.25) is 5.91 Å². The van der Waals surface area contributed by atoms with Crippen molar-refractivity contribution in [2.45, 2.75) is 40.0 Å². The number of fused-ring (bicyclic) bond motifs is 1. The molecule has 0 aliphatic carbocycles. The lowest BCUT2D eigenvalue weighted by atomic mass is 9.94. The van der Waals surface area contributed by atoms with Gasteiger partial charge in [-0.05, 0) is 76.1 Å². The Balaban J connectivity index is 1.17. The molecule has 3 amide bonds. The highest BCUT2D eigenvalue weighted by Crippen LogP contribution is 2.33. The van der Waals surface area contributed by atoms with E-state index in [9.17, 15) is 19.2 Å². The van der Waals surface area contributed by atoms with E-state index in [4.69, 9.17) is 11.6 Å². The highest BCUT2D eigenvalue weighted by molar-refractivity contribution is 6.32. The zero-order chi connectivity index (χ0) is 31.5. The molecule has 0 spiro atoms. The minimum absolute atomic E-state index is 0.0120. The summed E-state index contributed by atoms with van der Waals surface area (Å²) < 4.78 is 4.57. The number of carbonyl (C=O) groups is 4. The van der Waals surface area contributed by atoms with E-state index in [0.29, 0.717) is 54.9 Å². The Hall–Kier alpha value is -3.57. The van der Waals surface area contributed by atoms with Crippen molar-refractivity contribution >= 4 is 41.0 Å². The SMILES string of the molecule is COC(=O)C(=O)N1CCC(C(=O)N(CCCN2CC3CN(C(=O)c4c(C)ncnc4C)CC3C2)c2ccc(C)c(Cl)c2)CC1. The summed E-state index contributed by atoms with van der Waals surface area (Å²) in [7, 11) is 1.19. The Kier molecular flexibility index (Phi) is 9.84. The molecular weight excluding hydrogens is 584 g/mol. The first-order valence-electron chi connectivity index (χ1n) is 15.3. The minimum Gasteiger partial charge on any atom is -0.462 e. The van der Waals surface area contributed by atoms with Crippen molar-refractivity contribution in [2.75, 3.05) is 64.4 Å². The predicted molar refractivity (Wildman–Crippen MR) is 165 cm³/mol. The fourth-order valence-corrected chi connectivity index (χ4v) is 7.01. The number of halogens is 1. The van der Waals surface area contributed by atoms with E-state index in [-0.39, 0.29) is 17.7 Å². The van der Waals surface area contributed by atoms with Gasteiger partial charge in [-0.15, -0.1) is 0 Å². The summed E-state index contributed by atoms with van der Waals surface area (Å²) in [5.41, 5.74) is 3.76. The Bertz CT molecular complexity index is 1390. The number of ether oxygens (including phenoxy) is 1. The number of nitrogens with zero attached hydrogens (tertiary/aromatic N) is 6. The number of methoxy groups -OCH3 is 1. The second kappa shape index (κ2) is 13.6. The van der Waals surface area contributed by atoms with Crippen LogP contribution in [0.4, 0.5) is 5.69 Å². The Morgan fingerprint density at radius 3 is 2.18 bits per heavy atom. The number of esters is 1. The van der Waals surface area contributed by atoms with Crippen molar-refractivity contribution in [3.8, 4) is 0 Å². The molecule has 236 valence electrons. The number of anilines is 1. The third-order valence-corrected chi connectivity index (χ3v) is 9.78. The van der Waals surface area contributed by atoms with Crippen LogP contribution in [-0.4, -0.2) is 108 Å². The molecule has 2 atom stereocenters. The number of carbonyl (C=O) groups excluding carboxylic acids is 4. The van der Waals surface area contributed by atoms with Gasteiger partial charge >= 0.3 is 11.9 Å². The van der Waals surface area contributed by atoms with Gasteiger partial charge in [0.1, 0.15) is 6.33 Å². The van der Waals surface area contributed by atoms with E-state index in [2.05, 4.69) is 19.6 Å². The van der Waals surface area contributed by atoms with Crippen molar-refractivity contribution < 1.29 is 23.9 Å². The molecule has 5 rings (SSSR count). The van der Waals surface area contributed by atoms with Gasteiger partial charge in [0, 0.05) is 62.4 Å². The number of hydrogen-bond acceptors (Lipinski definition) is 8. The fraction of sp³-hybridized carbons (Fsp3) is 0.562. The normalized spacial score (nSPS) is 20.5. The molecule has 3 aliphatic heterocycles. The Labute approximate surface area is 263 Å². The molecule has 0 radical (unpaired) electrons. The number of benzene rings is 1. The minimum atomic E-state index is -0.882. The van der Waals surface area contributed by atoms with Gasteiger partial charge in [0.05, 0.1) is 24.1 Å². The quantitative estimate of drug-likeness (QED) is 0.341. The molecule has 0 saturated carbocycles. The highest BCUT2D eigenvalue weighted by Gasteiger charge is 2.42. The molecule has 1 aromatic heterocycles. The first-order valence-corrected chi connectivity index (χ1v) is 15.7. The lowest BCUT2D eigenvalue weighted by molar-refractivity contribution is -0.159. The van der Waals surface area contributed by atoms with E-state index in [1.165, 1.54) is 18.3 Å². The number of likely N-dealkylation sites (tertiary alicyclic amines) is 3. The van der Waals surface area contributed by atoms with E-state index in [0.717, 1.165) is 61.8 Å². The van der Waals surface area contributed by atoms with Crippen LogP contribution in [-0.2, 0) is 19.1 Å². The fourth-order valence-electron chi connectivity index (χ4n) is 6.83. The van der Waals surface area contributed by atoms with Gasteiger partial charge in [0.25, 0.3) is 5.91 Å². The summed E-state index contributed by atoms with van der Waals surface area (Å²) in [5, 5.41) is 0.609. The number of hydrogen-bond donors (Lipinski definition) is 0. The van der Waals surface area contributed by atoms with Crippen molar-refractivity contribution in [1.82, 2.24) is 24.7 Å². The zero-order valence-corrected chi connectivity index (χ0v) is 26.7. The maximum atomic E-state index is 13.8. The Morgan fingerprint density at radius 1 is 0.955 bits per heavy atom. The number of piperidine rings is 1. The molecule has 11 nitrogen and oxygen atoms in total. The first-order chi connectivity index (χ1) is 21.1. The van der Waals surface area contributed by atoms with E-state index in [1.807, 2.05) is 48.8 Å². The second-order valence-corrected chi connectivity index (χ2v) is 12.7. The third kappa shape index (κ3) is 6.73. The molecule has 4 heterocycles. The van der Waals surface area contributed by atoms with Crippen LogP contribution in [0.25, 0.3) is 0 Å². The van der Waals surface area contributed by atoms with Gasteiger partial charge in [-0.3, -0.25) is 14.4 Å². The van der Waals surface area contributed by atoms with Crippen LogP contribution in [0.1, 0.15) is 46.6 Å². The van der Waals surface area contributed by atoms with Crippen molar-refractivity contribution in [3.63, 3.8) is 0 Å². The molecule has 0 N–H and O–H groups in total. The lowest BCUT2D eigenvalue weighted by Crippen LogP contribution is -2.47. The second-order valence-electron chi connectivity index (χ2n) is 12.2. The molecule has 12 heteroatoms. The molecule has 2 aromatic rings. The van der Waals surface area contributed by atoms with Crippen LogP contribution in [0, 0.1) is 38.5 Å². The zero-order valence-electron chi connectivity index (χ0n) is 25.9. The summed E-state index contributed by atoms with van der Waals surface area (Å²) in [6.45, 7) is 11.0. The summed E-state index contributed by atoms with van der Waals surface area (Å²) >= 11 is 6.46. The van der Waals surface area contributed by atoms with Crippen LogP contribution < -0.4 is 4.90 Å². The third-order valence-electron chi connectivity index (χ3n) is 9.37. The highest BCUT2D eigenvalue weighted by atomic mass is 35.5. The van der Waals surface area contributed by atoms with Crippen molar-refractivity contribution in [1.29, 1.82) is 0 Å². The number of aromatic nitrogens is 2. The van der Waals surface area contributed by atoms with Gasteiger partial charge < -0.3 is 24.3 Å². The summed E-state index contributed by atoms with van der Waals surface area (Å²) in [5.74, 6) is -0.916. The topological polar surface area (TPSA) is 116 Å².